The number of benzene rings is 1. The summed E-state index contributed by atoms with van der Waals surface area (Å²) in [4.78, 5) is 56.6. The molecule has 5 fully saturated rings. The molecular weight excluding hydrogens is 758 g/mol. The molecule has 2 N–H and O–H groups in total. The van der Waals surface area contributed by atoms with Crippen molar-refractivity contribution in [2.24, 2.45) is 0 Å². The van der Waals surface area contributed by atoms with Gasteiger partial charge in [-0.25, -0.2) is 19.3 Å². The van der Waals surface area contributed by atoms with E-state index in [1.807, 2.05) is 17.0 Å². The SMILES string of the molecule is CC1(Oc2cc3c(-c4cc(N5CCC(OC6CCC(OC7CCN(c8ccc9c(c8F)CN(C8CCC(=O)NC8=O)C9=O)CC7)CC6)CC5)ncn4)n[nH]c3cn2)CC1. The van der Waals surface area contributed by atoms with Gasteiger partial charge in [0.25, 0.3) is 5.91 Å². The molecule has 3 aromatic heterocycles. The topological polar surface area (TPSA) is 168 Å². The van der Waals surface area contributed by atoms with Crippen molar-refractivity contribution in [1.29, 1.82) is 0 Å². The van der Waals surface area contributed by atoms with Crippen molar-refractivity contribution < 1.29 is 33.0 Å². The second kappa shape index (κ2) is 15.4. The second-order valence-electron chi connectivity index (χ2n) is 17.3. The van der Waals surface area contributed by atoms with Crippen LogP contribution in [0.4, 0.5) is 15.9 Å². The lowest BCUT2D eigenvalue weighted by atomic mass is 9.93. The van der Waals surface area contributed by atoms with Gasteiger partial charge in [-0.05, 0) is 89.7 Å². The van der Waals surface area contributed by atoms with Crippen molar-refractivity contribution >= 4 is 40.1 Å². The summed E-state index contributed by atoms with van der Waals surface area (Å²) in [6, 6.07) is 6.54. The van der Waals surface area contributed by atoms with Gasteiger partial charge in [0.15, 0.2) is 5.82 Å². The second-order valence-corrected chi connectivity index (χ2v) is 17.3. The smallest absolute Gasteiger partial charge is 0.255 e. The zero-order valence-electron chi connectivity index (χ0n) is 33.3. The third kappa shape index (κ3) is 7.72. The van der Waals surface area contributed by atoms with Gasteiger partial charge in [-0.15, -0.1) is 0 Å². The maximum absolute atomic E-state index is 15.9. The number of hydrogen-bond acceptors (Lipinski definition) is 12. The van der Waals surface area contributed by atoms with Crippen molar-refractivity contribution in [2.75, 3.05) is 36.0 Å². The summed E-state index contributed by atoms with van der Waals surface area (Å²) in [6.07, 6.45) is 14.0. The molecule has 6 aliphatic rings. The number of ether oxygens (including phenoxy) is 3. The lowest BCUT2D eigenvalue weighted by Gasteiger charge is -2.38. The number of aromatic amines is 1. The number of carbonyl (C=O) groups excluding carboxylic acids is 3. The number of amides is 3. The highest BCUT2D eigenvalue weighted by Gasteiger charge is 2.42. The molecule has 0 radical (unpaired) electrons. The Bertz CT molecular complexity index is 2260. The summed E-state index contributed by atoms with van der Waals surface area (Å²) >= 11 is 0. The fraction of sp³-hybridized carbons (Fsp3) is 0.558. The molecule has 3 amide bonds. The van der Waals surface area contributed by atoms with Crippen LogP contribution in [-0.2, 0) is 25.6 Å². The standard InChI is InChI=1S/C43H50FN9O6/c1-43(14-15-43)59-38-20-30-33(22-45-38)49-50-40(30)32-21-36(47-24-46-32)52-18-12-28(13-19-52)58-26-4-2-25(3-5-26)57-27-10-16-51(17-11-27)34-7-6-29-31(39(34)44)23-53(42(29)56)35-8-9-37(54)48-41(35)55/h6-7,20-22,24-28,35H,2-5,8-19,23H2,1H3,(H,49,50)(H,48,54,55). The summed E-state index contributed by atoms with van der Waals surface area (Å²) in [6.45, 7) is 5.16. The number of rotatable bonds is 10. The van der Waals surface area contributed by atoms with E-state index in [1.165, 1.54) is 4.90 Å². The number of nitrogens with one attached hydrogen (secondary N) is 2. The fourth-order valence-electron chi connectivity index (χ4n) is 9.47. The van der Waals surface area contributed by atoms with Crippen LogP contribution in [0.2, 0.25) is 0 Å². The summed E-state index contributed by atoms with van der Waals surface area (Å²) in [5, 5.41) is 10.9. The van der Waals surface area contributed by atoms with E-state index in [2.05, 4.69) is 42.3 Å². The average molecular weight is 808 g/mol. The molecule has 1 atom stereocenters. The van der Waals surface area contributed by atoms with Crippen molar-refractivity contribution in [2.45, 2.75) is 127 Å². The van der Waals surface area contributed by atoms with Gasteiger partial charge in [0.05, 0.1) is 54.1 Å². The first kappa shape index (κ1) is 38.0. The van der Waals surface area contributed by atoms with Gasteiger partial charge in [0.2, 0.25) is 17.7 Å². The van der Waals surface area contributed by atoms with Gasteiger partial charge in [0.1, 0.15) is 29.5 Å². The van der Waals surface area contributed by atoms with Crippen molar-refractivity contribution in [3.8, 4) is 17.3 Å². The number of fused-ring (bicyclic) bond motifs is 2. The number of halogens is 1. The van der Waals surface area contributed by atoms with E-state index in [0.717, 1.165) is 105 Å². The molecule has 7 heterocycles. The minimum atomic E-state index is -0.769. The number of pyridine rings is 1. The Morgan fingerprint density at radius 3 is 2.17 bits per heavy atom. The molecule has 16 heteroatoms. The van der Waals surface area contributed by atoms with Crippen molar-refractivity contribution in [1.82, 2.24) is 35.4 Å². The summed E-state index contributed by atoms with van der Waals surface area (Å²) in [5.41, 5.74) is 3.32. The largest absolute Gasteiger partial charge is 0.471 e. The molecular formula is C43H50FN9O6. The number of piperidine rings is 3. The Balaban J connectivity index is 0.667. The minimum absolute atomic E-state index is 0.0239. The molecule has 1 unspecified atom stereocenters. The van der Waals surface area contributed by atoms with Crippen LogP contribution in [-0.4, -0.2) is 110 Å². The fourth-order valence-corrected chi connectivity index (χ4v) is 9.47. The number of hydrogen-bond donors (Lipinski definition) is 2. The van der Waals surface area contributed by atoms with Crippen LogP contribution >= 0.6 is 0 Å². The van der Waals surface area contributed by atoms with Gasteiger partial charge in [-0.3, -0.25) is 24.8 Å². The van der Waals surface area contributed by atoms with E-state index >= 15 is 4.39 Å². The highest BCUT2D eigenvalue weighted by molar-refractivity contribution is 6.05. The van der Waals surface area contributed by atoms with Crippen LogP contribution in [0.1, 0.15) is 99.9 Å². The lowest BCUT2D eigenvalue weighted by Crippen LogP contribution is -2.52. The van der Waals surface area contributed by atoms with Crippen LogP contribution in [0.25, 0.3) is 22.3 Å². The molecule has 0 bridgehead atoms. The van der Waals surface area contributed by atoms with E-state index < -0.39 is 17.8 Å². The monoisotopic (exact) mass is 807 g/mol. The van der Waals surface area contributed by atoms with E-state index in [9.17, 15) is 14.4 Å². The Hall–Kier alpha value is -5.22. The van der Waals surface area contributed by atoms with Crippen LogP contribution < -0.4 is 19.9 Å². The van der Waals surface area contributed by atoms with E-state index in [4.69, 9.17) is 14.2 Å². The molecule has 4 aromatic rings. The van der Waals surface area contributed by atoms with Crippen molar-refractivity contribution in [3.63, 3.8) is 0 Å². The zero-order valence-corrected chi connectivity index (χ0v) is 33.3. The van der Waals surface area contributed by atoms with E-state index in [1.54, 1.807) is 24.7 Å². The molecule has 310 valence electrons. The van der Waals surface area contributed by atoms with Crippen molar-refractivity contribution in [3.05, 3.63) is 53.7 Å². The van der Waals surface area contributed by atoms with Gasteiger partial charge >= 0.3 is 0 Å². The van der Waals surface area contributed by atoms with Gasteiger partial charge < -0.3 is 28.9 Å². The first-order valence-electron chi connectivity index (χ1n) is 21.3. The minimum Gasteiger partial charge on any atom is -0.471 e. The summed E-state index contributed by atoms with van der Waals surface area (Å²) < 4.78 is 35.3. The lowest BCUT2D eigenvalue weighted by molar-refractivity contribution is -0.136. The van der Waals surface area contributed by atoms with E-state index in [0.29, 0.717) is 30.2 Å². The maximum Gasteiger partial charge on any atom is 0.255 e. The number of aromatic nitrogens is 5. The maximum atomic E-state index is 15.9. The van der Waals surface area contributed by atoms with Crippen LogP contribution in [0, 0.1) is 5.82 Å². The highest BCUT2D eigenvalue weighted by atomic mass is 19.1. The Morgan fingerprint density at radius 2 is 1.49 bits per heavy atom. The molecule has 2 saturated carbocycles. The molecule has 15 nitrogen and oxygen atoms in total. The predicted molar refractivity (Wildman–Crippen MR) is 214 cm³/mol. The first-order chi connectivity index (χ1) is 28.7. The third-order valence-electron chi connectivity index (χ3n) is 13.2. The number of nitrogens with zero attached hydrogens (tertiary/aromatic N) is 7. The molecule has 1 aromatic carbocycles. The highest BCUT2D eigenvalue weighted by Crippen LogP contribution is 2.40. The van der Waals surface area contributed by atoms with E-state index in [-0.39, 0.29) is 66.8 Å². The molecule has 0 spiro atoms. The Morgan fingerprint density at radius 1 is 0.814 bits per heavy atom. The molecule has 59 heavy (non-hydrogen) atoms. The van der Waals surface area contributed by atoms with Gasteiger partial charge in [-0.2, -0.15) is 5.10 Å². The first-order valence-corrected chi connectivity index (χ1v) is 21.3. The third-order valence-corrected chi connectivity index (χ3v) is 13.2. The van der Waals surface area contributed by atoms with Crippen LogP contribution in [0.5, 0.6) is 5.88 Å². The zero-order chi connectivity index (χ0) is 40.3. The van der Waals surface area contributed by atoms with Gasteiger partial charge in [-0.1, -0.05) is 0 Å². The Kier molecular flexibility index (Phi) is 9.94. The molecule has 10 rings (SSSR count). The normalized spacial score (nSPS) is 25.1. The molecule has 2 aliphatic carbocycles. The predicted octanol–water partition coefficient (Wildman–Crippen LogP) is 5.23. The summed E-state index contributed by atoms with van der Waals surface area (Å²) in [7, 11) is 0. The molecule has 4 aliphatic heterocycles. The Labute approximate surface area is 341 Å². The summed E-state index contributed by atoms with van der Waals surface area (Å²) in [5.74, 6) is -0.133. The number of carbonyl (C=O) groups is 3. The van der Waals surface area contributed by atoms with Crippen LogP contribution in [0.15, 0.2) is 36.8 Å². The number of imide groups is 1. The number of H-pyrrole nitrogens is 1. The quantitative estimate of drug-likeness (QED) is 0.201. The average Bonchev–Trinajstić information content (AvgIpc) is 3.66. The molecule has 3 saturated heterocycles. The number of anilines is 2. The van der Waals surface area contributed by atoms with Gasteiger partial charge in [0, 0.05) is 61.2 Å². The van der Waals surface area contributed by atoms with Crippen LogP contribution in [0.3, 0.4) is 0 Å².